The summed E-state index contributed by atoms with van der Waals surface area (Å²) in [5.41, 5.74) is 4.81. The Hall–Kier alpha value is 0.01000. The average molecular weight is 162 g/mol. The van der Waals surface area contributed by atoms with Crippen LogP contribution in [0, 0.1) is 0 Å². The van der Waals surface area contributed by atoms with Crippen molar-refractivity contribution in [3.05, 3.63) is 0 Å². The van der Waals surface area contributed by atoms with E-state index in [0.717, 1.165) is 0 Å². The molecule has 0 rings (SSSR count). The van der Waals surface area contributed by atoms with Crippen molar-refractivity contribution in [3.8, 4) is 0 Å². The largest absolute Gasteiger partial charge is 0.468 e. The summed E-state index contributed by atoms with van der Waals surface area (Å²) in [5.74, 6) is -0.380. The number of hydrogen-bond donors (Lipinski definition) is 1. The molecule has 0 radical (unpaired) electrons. The number of rotatable bonds is 1. The van der Waals surface area contributed by atoms with Gasteiger partial charge in [0.25, 0.3) is 0 Å². The summed E-state index contributed by atoms with van der Waals surface area (Å²) in [6, 6.07) is 0. The molecule has 0 unspecified atom stereocenters. The van der Waals surface area contributed by atoms with E-state index in [4.69, 9.17) is 5.73 Å². The summed E-state index contributed by atoms with van der Waals surface area (Å²) in [6.07, 6.45) is 0. The number of methoxy groups -OCH3 is 1. The molecule has 0 heterocycles. The van der Waals surface area contributed by atoms with E-state index in [1.165, 1.54) is 7.11 Å². The lowest BCUT2D eigenvalue weighted by Crippen LogP contribution is -2.14. The lowest BCUT2D eigenvalue weighted by Gasteiger charge is -1.87. The van der Waals surface area contributed by atoms with Crippen molar-refractivity contribution in [1.29, 1.82) is 0 Å². The third-order valence-electron chi connectivity index (χ3n) is 0.394. The molecule has 0 atom stereocenters. The highest BCUT2D eigenvalue weighted by Gasteiger charge is 1.87. The van der Waals surface area contributed by atoms with Gasteiger partial charge in [-0.3, -0.25) is 4.79 Å². The van der Waals surface area contributed by atoms with Crippen LogP contribution in [0.3, 0.4) is 0 Å². The maximum atomic E-state index is 9.83. The van der Waals surface area contributed by atoms with Crippen LogP contribution < -0.4 is 5.73 Å². The third kappa shape index (κ3) is 9.38. The standard InChI is InChI=1S/C3H7NO2.2ClH/c1-6-3(5)2-4;;/h2,4H2,1H3;2*1H. The van der Waals surface area contributed by atoms with Gasteiger partial charge in [0.05, 0.1) is 13.7 Å². The van der Waals surface area contributed by atoms with Crippen LogP contribution in [-0.4, -0.2) is 19.6 Å². The zero-order valence-corrected chi connectivity index (χ0v) is 6.05. The van der Waals surface area contributed by atoms with Crippen molar-refractivity contribution in [2.45, 2.75) is 0 Å². The molecule has 0 fully saturated rings. The van der Waals surface area contributed by atoms with Crippen LogP contribution >= 0.6 is 24.8 Å². The normalized spacial score (nSPS) is 5.75. The number of carbonyl (C=O) groups excluding carboxylic acids is 1. The molecular formula is C3H9Cl2NO2. The molecule has 2 N–H and O–H groups in total. The molecule has 0 aromatic heterocycles. The van der Waals surface area contributed by atoms with E-state index in [2.05, 4.69) is 4.74 Å². The predicted molar refractivity (Wildman–Crippen MR) is 35.6 cm³/mol. The summed E-state index contributed by atoms with van der Waals surface area (Å²) in [7, 11) is 1.30. The van der Waals surface area contributed by atoms with Gasteiger partial charge < -0.3 is 10.5 Å². The zero-order valence-electron chi connectivity index (χ0n) is 4.42. The Balaban J connectivity index is -0.000000125. The van der Waals surface area contributed by atoms with Gasteiger partial charge in [0, 0.05) is 0 Å². The van der Waals surface area contributed by atoms with Crippen molar-refractivity contribution < 1.29 is 9.53 Å². The number of nitrogens with two attached hydrogens (primary N) is 1. The van der Waals surface area contributed by atoms with E-state index in [-0.39, 0.29) is 37.3 Å². The Bertz CT molecular complexity index is 53.2. The predicted octanol–water partition coefficient (Wildman–Crippen LogP) is -0.0383. The number of ether oxygens (including phenoxy) is 1. The number of hydrogen-bond acceptors (Lipinski definition) is 3. The molecular weight excluding hydrogens is 153 g/mol. The number of halogens is 2. The van der Waals surface area contributed by atoms with E-state index in [0.29, 0.717) is 0 Å². The average Bonchev–Trinajstić information content (AvgIpc) is 1.65. The van der Waals surface area contributed by atoms with Crippen molar-refractivity contribution in [2.24, 2.45) is 5.73 Å². The van der Waals surface area contributed by atoms with Crippen molar-refractivity contribution in [3.63, 3.8) is 0 Å². The summed E-state index contributed by atoms with van der Waals surface area (Å²) in [4.78, 5) is 9.83. The molecule has 0 aliphatic heterocycles. The van der Waals surface area contributed by atoms with E-state index in [1.807, 2.05) is 0 Å². The molecule has 0 amide bonds. The Morgan fingerprint density at radius 2 is 2.00 bits per heavy atom. The smallest absolute Gasteiger partial charge is 0.319 e. The van der Waals surface area contributed by atoms with Gasteiger partial charge in [-0.1, -0.05) is 0 Å². The van der Waals surface area contributed by atoms with Crippen LogP contribution in [0.5, 0.6) is 0 Å². The second kappa shape index (κ2) is 10.1. The molecule has 3 nitrogen and oxygen atoms in total. The third-order valence-corrected chi connectivity index (χ3v) is 0.394. The summed E-state index contributed by atoms with van der Waals surface area (Å²) >= 11 is 0. The monoisotopic (exact) mass is 161 g/mol. The summed E-state index contributed by atoms with van der Waals surface area (Å²) in [6.45, 7) is -0.0312. The molecule has 0 bridgehead atoms. The van der Waals surface area contributed by atoms with E-state index in [1.54, 1.807) is 0 Å². The Morgan fingerprint density at radius 1 is 1.62 bits per heavy atom. The van der Waals surface area contributed by atoms with Crippen molar-refractivity contribution in [2.75, 3.05) is 13.7 Å². The van der Waals surface area contributed by atoms with E-state index >= 15 is 0 Å². The highest BCUT2D eigenvalue weighted by atomic mass is 35.5. The van der Waals surface area contributed by atoms with Gasteiger partial charge in [0.15, 0.2) is 0 Å². The first kappa shape index (κ1) is 15.7. The Kier molecular flexibility index (Phi) is 19.8. The maximum Gasteiger partial charge on any atom is 0.319 e. The lowest BCUT2D eigenvalue weighted by atomic mass is 10.7. The fourth-order valence-electron chi connectivity index (χ4n) is 0.0833. The molecule has 0 saturated carbocycles. The minimum absolute atomic E-state index is 0. The molecule has 52 valence electrons. The first-order valence-electron chi connectivity index (χ1n) is 1.58. The number of esters is 1. The lowest BCUT2D eigenvalue weighted by molar-refractivity contribution is -0.138. The first-order valence-corrected chi connectivity index (χ1v) is 1.58. The van der Waals surface area contributed by atoms with Crippen LogP contribution in [-0.2, 0) is 9.53 Å². The molecule has 0 aliphatic rings. The molecule has 0 aliphatic carbocycles. The van der Waals surface area contributed by atoms with Gasteiger partial charge in [-0.05, 0) is 0 Å². The van der Waals surface area contributed by atoms with Crippen molar-refractivity contribution in [1.82, 2.24) is 0 Å². The minimum atomic E-state index is -0.380. The van der Waals surface area contributed by atoms with Gasteiger partial charge in [-0.2, -0.15) is 0 Å². The highest BCUT2D eigenvalue weighted by molar-refractivity contribution is 5.85. The van der Waals surface area contributed by atoms with E-state index < -0.39 is 0 Å². The van der Waals surface area contributed by atoms with Gasteiger partial charge in [0.2, 0.25) is 0 Å². The molecule has 0 aromatic carbocycles. The van der Waals surface area contributed by atoms with E-state index in [9.17, 15) is 4.79 Å². The Labute approximate surface area is 60.4 Å². The van der Waals surface area contributed by atoms with Crippen LogP contribution in [0.1, 0.15) is 0 Å². The van der Waals surface area contributed by atoms with Crippen LogP contribution in [0.4, 0.5) is 0 Å². The second-order valence-electron chi connectivity index (χ2n) is 0.780. The minimum Gasteiger partial charge on any atom is -0.468 e. The summed E-state index contributed by atoms with van der Waals surface area (Å²) in [5, 5.41) is 0. The van der Waals surface area contributed by atoms with Crippen LogP contribution in [0.25, 0.3) is 0 Å². The quantitative estimate of drug-likeness (QED) is 0.550. The molecule has 0 saturated heterocycles. The second-order valence-corrected chi connectivity index (χ2v) is 0.780. The fraction of sp³-hybridized carbons (Fsp3) is 0.667. The molecule has 8 heavy (non-hydrogen) atoms. The number of carbonyl (C=O) groups is 1. The Morgan fingerprint density at radius 3 is 2.00 bits per heavy atom. The SMILES string of the molecule is COC(=O)CN.Cl.Cl. The van der Waals surface area contributed by atoms with Crippen LogP contribution in [0.15, 0.2) is 0 Å². The zero-order chi connectivity index (χ0) is 4.99. The molecule has 0 aromatic rings. The van der Waals surface area contributed by atoms with Crippen LogP contribution in [0.2, 0.25) is 0 Å². The molecule has 5 heteroatoms. The van der Waals surface area contributed by atoms with Crippen molar-refractivity contribution >= 4 is 30.8 Å². The summed E-state index contributed by atoms with van der Waals surface area (Å²) < 4.78 is 4.14. The van der Waals surface area contributed by atoms with Gasteiger partial charge >= 0.3 is 5.97 Å². The topological polar surface area (TPSA) is 52.3 Å². The van der Waals surface area contributed by atoms with Gasteiger partial charge in [-0.15, -0.1) is 24.8 Å². The highest BCUT2D eigenvalue weighted by Crippen LogP contribution is 1.61. The van der Waals surface area contributed by atoms with Gasteiger partial charge in [-0.25, -0.2) is 0 Å². The maximum absolute atomic E-state index is 9.83. The fourth-order valence-corrected chi connectivity index (χ4v) is 0.0833. The molecule has 0 spiro atoms. The first-order chi connectivity index (χ1) is 2.81. The van der Waals surface area contributed by atoms with Gasteiger partial charge in [0.1, 0.15) is 0 Å².